The maximum absolute atomic E-state index is 5.92. The molecule has 0 spiro atoms. The van der Waals surface area contributed by atoms with Gasteiger partial charge in [-0.3, -0.25) is 0 Å². The normalized spacial score (nSPS) is 15.5. The van der Waals surface area contributed by atoms with Gasteiger partial charge in [0.15, 0.2) is 11.0 Å². The van der Waals surface area contributed by atoms with Crippen LogP contribution in [-0.2, 0) is 0 Å². The van der Waals surface area contributed by atoms with Crippen LogP contribution in [0.25, 0.3) is 0 Å². The number of rotatable bonds is 3. The summed E-state index contributed by atoms with van der Waals surface area (Å²) in [5.41, 5.74) is 2.17. The first-order valence-electron chi connectivity index (χ1n) is 5.30. The Morgan fingerprint density at radius 1 is 1.27 bits per heavy atom. The predicted molar refractivity (Wildman–Crippen MR) is 62.5 cm³/mol. The summed E-state index contributed by atoms with van der Waals surface area (Å²) in [5.74, 6) is 1.82. The molecule has 4 heteroatoms. The summed E-state index contributed by atoms with van der Waals surface area (Å²) in [5, 5.41) is 8.64. The van der Waals surface area contributed by atoms with Crippen molar-refractivity contribution in [3.63, 3.8) is 0 Å². The van der Waals surface area contributed by atoms with Crippen molar-refractivity contribution < 1.29 is 0 Å². The van der Waals surface area contributed by atoms with Crippen LogP contribution < -0.4 is 4.90 Å². The Labute approximate surface area is 95.5 Å². The molecule has 1 aliphatic rings. The minimum Gasteiger partial charge on any atom is -0.358 e. The van der Waals surface area contributed by atoms with E-state index in [0.717, 1.165) is 29.4 Å². The van der Waals surface area contributed by atoms with Gasteiger partial charge in [0.2, 0.25) is 0 Å². The minimum absolute atomic E-state index is 0.510. The van der Waals surface area contributed by atoms with E-state index in [1.807, 2.05) is 6.92 Å². The fourth-order valence-electron chi connectivity index (χ4n) is 1.70. The van der Waals surface area contributed by atoms with Crippen molar-refractivity contribution in [2.45, 2.75) is 26.7 Å². The molecule has 1 aliphatic carbocycles. The van der Waals surface area contributed by atoms with E-state index >= 15 is 0 Å². The number of anilines is 1. The van der Waals surface area contributed by atoms with E-state index in [2.05, 4.69) is 29.1 Å². The van der Waals surface area contributed by atoms with Gasteiger partial charge >= 0.3 is 0 Å². The second-order valence-corrected chi connectivity index (χ2v) is 4.75. The summed E-state index contributed by atoms with van der Waals surface area (Å²) in [4.78, 5) is 2.18. The lowest BCUT2D eigenvalue weighted by Gasteiger charge is -2.20. The van der Waals surface area contributed by atoms with Crippen molar-refractivity contribution >= 4 is 17.4 Å². The Balaban J connectivity index is 2.22. The molecule has 0 radical (unpaired) electrons. The SMILES string of the molecule is Cc1c(Cl)nnc(N(C)CC2CC2)c1C. The number of nitrogens with zero attached hydrogens (tertiary/aromatic N) is 3. The molecular weight excluding hydrogens is 210 g/mol. The van der Waals surface area contributed by atoms with Crippen molar-refractivity contribution in [2.75, 3.05) is 18.5 Å². The van der Waals surface area contributed by atoms with E-state index in [0.29, 0.717) is 5.15 Å². The Kier molecular flexibility index (Phi) is 2.83. The molecule has 3 nitrogen and oxygen atoms in total. The van der Waals surface area contributed by atoms with E-state index < -0.39 is 0 Å². The summed E-state index contributed by atoms with van der Waals surface area (Å²) in [6.45, 7) is 5.12. The highest BCUT2D eigenvalue weighted by Gasteiger charge is 2.24. The van der Waals surface area contributed by atoms with Gasteiger partial charge in [-0.25, -0.2) is 0 Å². The molecule has 15 heavy (non-hydrogen) atoms. The lowest BCUT2D eigenvalue weighted by atomic mass is 10.2. The highest BCUT2D eigenvalue weighted by molar-refractivity contribution is 6.30. The zero-order valence-electron chi connectivity index (χ0n) is 9.42. The van der Waals surface area contributed by atoms with E-state index in [9.17, 15) is 0 Å². The summed E-state index contributed by atoms with van der Waals surface area (Å²) < 4.78 is 0. The third kappa shape index (κ3) is 2.23. The lowest BCUT2D eigenvalue weighted by Crippen LogP contribution is -2.22. The van der Waals surface area contributed by atoms with Crippen LogP contribution in [0.15, 0.2) is 0 Å². The van der Waals surface area contributed by atoms with Gasteiger partial charge in [-0.05, 0) is 43.7 Å². The number of hydrogen-bond donors (Lipinski definition) is 0. The zero-order valence-corrected chi connectivity index (χ0v) is 10.2. The molecule has 0 aromatic carbocycles. The van der Waals surface area contributed by atoms with Crippen molar-refractivity contribution in [1.29, 1.82) is 0 Å². The molecule has 0 N–H and O–H groups in total. The number of halogens is 1. The van der Waals surface area contributed by atoms with Gasteiger partial charge in [-0.2, -0.15) is 0 Å². The standard InChI is InChI=1S/C11H16ClN3/c1-7-8(2)11(14-13-10(7)12)15(3)6-9-4-5-9/h9H,4-6H2,1-3H3. The van der Waals surface area contributed by atoms with Crippen LogP contribution in [-0.4, -0.2) is 23.8 Å². The number of aromatic nitrogens is 2. The molecule has 0 bridgehead atoms. The molecule has 0 aliphatic heterocycles. The van der Waals surface area contributed by atoms with Gasteiger partial charge in [0.1, 0.15) is 0 Å². The summed E-state index contributed by atoms with van der Waals surface area (Å²) >= 11 is 5.92. The van der Waals surface area contributed by atoms with E-state index in [1.165, 1.54) is 12.8 Å². The van der Waals surface area contributed by atoms with Gasteiger partial charge in [0, 0.05) is 13.6 Å². The van der Waals surface area contributed by atoms with Gasteiger partial charge < -0.3 is 4.90 Å². The van der Waals surface area contributed by atoms with Crippen LogP contribution >= 0.6 is 11.6 Å². The minimum atomic E-state index is 0.510. The van der Waals surface area contributed by atoms with Crippen molar-refractivity contribution in [3.8, 4) is 0 Å². The molecule has 0 atom stereocenters. The first-order chi connectivity index (χ1) is 7.09. The highest BCUT2D eigenvalue weighted by Crippen LogP contribution is 2.31. The second-order valence-electron chi connectivity index (χ2n) is 4.39. The Bertz CT molecular complexity index is 374. The largest absolute Gasteiger partial charge is 0.358 e. The van der Waals surface area contributed by atoms with Gasteiger partial charge in [0.05, 0.1) is 0 Å². The first-order valence-corrected chi connectivity index (χ1v) is 5.68. The van der Waals surface area contributed by atoms with Crippen LogP contribution in [0, 0.1) is 19.8 Å². The Hall–Kier alpha value is -0.830. The van der Waals surface area contributed by atoms with Gasteiger partial charge in [-0.15, -0.1) is 10.2 Å². The summed E-state index contributed by atoms with van der Waals surface area (Å²) in [7, 11) is 2.07. The molecule has 82 valence electrons. The molecule has 1 aromatic rings. The van der Waals surface area contributed by atoms with E-state index in [4.69, 9.17) is 11.6 Å². The topological polar surface area (TPSA) is 29.0 Å². The summed E-state index contributed by atoms with van der Waals surface area (Å²) in [6.07, 6.45) is 2.70. The second kappa shape index (κ2) is 3.97. The molecule has 0 amide bonds. The van der Waals surface area contributed by atoms with Crippen LogP contribution in [0.3, 0.4) is 0 Å². The Morgan fingerprint density at radius 3 is 2.53 bits per heavy atom. The molecule has 2 rings (SSSR count). The monoisotopic (exact) mass is 225 g/mol. The van der Waals surface area contributed by atoms with Crippen molar-refractivity contribution in [1.82, 2.24) is 10.2 Å². The van der Waals surface area contributed by atoms with Crippen LogP contribution in [0.1, 0.15) is 24.0 Å². The maximum atomic E-state index is 5.92. The molecule has 0 unspecified atom stereocenters. The van der Waals surface area contributed by atoms with Gasteiger partial charge in [-0.1, -0.05) is 11.6 Å². The molecular formula is C11H16ClN3. The molecule has 1 saturated carbocycles. The number of hydrogen-bond acceptors (Lipinski definition) is 3. The van der Waals surface area contributed by atoms with Gasteiger partial charge in [0.25, 0.3) is 0 Å². The van der Waals surface area contributed by atoms with Crippen molar-refractivity contribution in [2.24, 2.45) is 5.92 Å². The fraction of sp³-hybridized carbons (Fsp3) is 0.636. The third-order valence-electron chi connectivity index (χ3n) is 3.03. The highest BCUT2D eigenvalue weighted by atomic mass is 35.5. The summed E-state index contributed by atoms with van der Waals surface area (Å²) in [6, 6.07) is 0. The van der Waals surface area contributed by atoms with Crippen LogP contribution in [0.4, 0.5) is 5.82 Å². The molecule has 1 heterocycles. The predicted octanol–water partition coefficient (Wildman–Crippen LogP) is 2.59. The third-order valence-corrected chi connectivity index (χ3v) is 3.39. The molecule has 0 saturated heterocycles. The fourth-order valence-corrected chi connectivity index (χ4v) is 1.88. The first kappa shape index (κ1) is 10.7. The molecule has 1 fully saturated rings. The Morgan fingerprint density at radius 2 is 1.93 bits per heavy atom. The average molecular weight is 226 g/mol. The maximum Gasteiger partial charge on any atom is 0.155 e. The molecule has 1 aromatic heterocycles. The van der Waals surface area contributed by atoms with E-state index in [1.54, 1.807) is 0 Å². The smallest absolute Gasteiger partial charge is 0.155 e. The van der Waals surface area contributed by atoms with Crippen LogP contribution in [0.2, 0.25) is 5.15 Å². The lowest BCUT2D eigenvalue weighted by molar-refractivity contribution is 0.763. The van der Waals surface area contributed by atoms with Crippen LogP contribution in [0.5, 0.6) is 0 Å². The average Bonchev–Trinajstić information content (AvgIpc) is 2.98. The van der Waals surface area contributed by atoms with Crippen molar-refractivity contribution in [3.05, 3.63) is 16.3 Å². The zero-order chi connectivity index (χ0) is 11.0. The van der Waals surface area contributed by atoms with E-state index in [-0.39, 0.29) is 0 Å². The quantitative estimate of drug-likeness (QED) is 0.792.